The number of benzene rings is 1. The monoisotopic (exact) mass is 342 g/mol. The molecule has 0 radical (unpaired) electrons. The number of carbonyl (C=O) groups is 1. The molecule has 1 unspecified atom stereocenters. The molecule has 6 nitrogen and oxygen atoms in total. The number of ether oxygens (including phenoxy) is 1. The van der Waals surface area contributed by atoms with Gasteiger partial charge in [0.15, 0.2) is 0 Å². The van der Waals surface area contributed by atoms with E-state index < -0.39 is 12.0 Å². The van der Waals surface area contributed by atoms with Gasteiger partial charge in [0.25, 0.3) is 0 Å². The molecule has 2 aromatic rings. The maximum Gasteiger partial charge on any atom is 0.327 e. The molecular formula is C14H16Cl2N4O2. The highest BCUT2D eigenvalue weighted by Gasteiger charge is 2.24. The Labute approximate surface area is 138 Å². The number of aryl methyl sites for hydroxylation is 1. The standard InChI is InChI=1S/C14H16Cl2N4O2/c1-8-18-19-12(20(8)2)7-17-13(14(21)22-3)10-5-4-9(15)6-11(10)16/h4-6,13,17H,7H2,1-3H3. The maximum atomic E-state index is 12.0. The van der Waals surface area contributed by atoms with Crippen molar-refractivity contribution < 1.29 is 9.53 Å². The molecule has 1 atom stereocenters. The van der Waals surface area contributed by atoms with Gasteiger partial charge in [-0.25, -0.2) is 4.79 Å². The first-order valence-corrected chi connectivity index (χ1v) is 7.30. The normalized spacial score (nSPS) is 12.2. The van der Waals surface area contributed by atoms with Crippen LogP contribution in [0.3, 0.4) is 0 Å². The summed E-state index contributed by atoms with van der Waals surface area (Å²) in [5.41, 5.74) is 0.594. The summed E-state index contributed by atoms with van der Waals surface area (Å²) in [4.78, 5) is 12.0. The molecule has 0 fully saturated rings. The first-order valence-electron chi connectivity index (χ1n) is 6.55. The Kier molecular flexibility index (Phi) is 5.39. The topological polar surface area (TPSA) is 69.0 Å². The van der Waals surface area contributed by atoms with Crippen LogP contribution in [0.5, 0.6) is 0 Å². The predicted octanol–water partition coefficient (Wildman–Crippen LogP) is 2.43. The van der Waals surface area contributed by atoms with Gasteiger partial charge in [-0.3, -0.25) is 5.32 Å². The van der Waals surface area contributed by atoms with Gasteiger partial charge in [-0.15, -0.1) is 10.2 Å². The molecule has 0 spiro atoms. The van der Waals surface area contributed by atoms with E-state index in [-0.39, 0.29) is 0 Å². The number of nitrogens with one attached hydrogen (secondary N) is 1. The zero-order valence-electron chi connectivity index (χ0n) is 12.4. The van der Waals surface area contributed by atoms with Crippen molar-refractivity contribution in [1.82, 2.24) is 20.1 Å². The summed E-state index contributed by atoms with van der Waals surface area (Å²) in [6.45, 7) is 2.19. The molecule has 0 amide bonds. The highest BCUT2D eigenvalue weighted by atomic mass is 35.5. The Morgan fingerprint density at radius 3 is 2.68 bits per heavy atom. The predicted molar refractivity (Wildman–Crippen MR) is 83.8 cm³/mol. The van der Waals surface area contributed by atoms with Crippen LogP contribution in [0.15, 0.2) is 18.2 Å². The summed E-state index contributed by atoms with van der Waals surface area (Å²) >= 11 is 12.1. The molecular weight excluding hydrogens is 327 g/mol. The van der Waals surface area contributed by atoms with E-state index >= 15 is 0 Å². The molecule has 0 aliphatic rings. The fourth-order valence-corrected chi connectivity index (χ4v) is 2.49. The summed E-state index contributed by atoms with van der Waals surface area (Å²) in [6, 6.07) is 4.24. The Hall–Kier alpha value is -1.63. The number of methoxy groups -OCH3 is 1. The molecule has 0 saturated carbocycles. The molecule has 0 saturated heterocycles. The second-order valence-corrected chi connectivity index (χ2v) is 5.57. The molecule has 1 N–H and O–H groups in total. The van der Waals surface area contributed by atoms with Crippen molar-refractivity contribution in [2.24, 2.45) is 7.05 Å². The molecule has 1 aromatic carbocycles. The average Bonchev–Trinajstić information content (AvgIpc) is 2.80. The highest BCUT2D eigenvalue weighted by Crippen LogP contribution is 2.27. The van der Waals surface area contributed by atoms with Crippen molar-refractivity contribution in [1.29, 1.82) is 0 Å². The zero-order chi connectivity index (χ0) is 16.3. The fraction of sp³-hybridized carbons (Fsp3) is 0.357. The summed E-state index contributed by atoms with van der Waals surface area (Å²) in [5, 5.41) is 12.0. The van der Waals surface area contributed by atoms with Gasteiger partial charge in [-0.1, -0.05) is 29.3 Å². The molecule has 0 aliphatic heterocycles. The van der Waals surface area contributed by atoms with E-state index in [1.807, 2.05) is 18.5 Å². The molecule has 8 heteroatoms. The van der Waals surface area contributed by atoms with Crippen LogP contribution in [0.2, 0.25) is 10.0 Å². The first kappa shape index (κ1) is 16.7. The Morgan fingerprint density at radius 2 is 2.14 bits per heavy atom. The number of esters is 1. The van der Waals surface area contributed by atoms with Crippen molar-refractivity contribution in [3.8, 4) is 0 Å². The van der Waals surface area contributed by atoms with Crippen molar-refractivity contribution in [3.05, 3.63) is 45.5 Å². The number of hydrogen-bond acceptors (Lipinski definition) is 5. The lowest BCUT2D eigenvalue weighted by Gasteiger charge is -2.18. The lowest BCUT2D eigenvalue weighted by molar-refractivity contribution is -0.143. The van der Waals surface area contributed by atoms with Gasteiger partial charge >= 0.3 is 5.97 Å². The van der Waals surface area contributed by atoms with Crippen LogP contribution in [0.4, 0.5) is 0 Å². The Bertz CT molecular complexity index is 687. The minimum absolute atomic E-state index is 0.343. The number of aromatic nitrogens is 3. The number of carbonyl (C=O) groups excluding carboxylic acids is 1. The van der Waals surface area contributed by atoms with Crippen molar-refractivity contribution in [3.63, 3.8) is 0 Å². The van der Waals surface area contributed by atoms with Gasteiger partial charge in [-0.2, -0.15) is 0 Å². The van der Waals surface area contributed by atoms with Gasteiger partial charge < -0.3 is 9.30 Å². The van der Waals surface area contributed by atoms with Gasteiger partial charge in [0, 0.05) is 17.1 Å². The molecule has 1 heterocycles. The van der Waals surface area contributed by atoms with E-state index in [2.05, 4.69) is 15.5 Å². The van der Waals surface area contributed by atoms with E-state index in [0.29, 0.717) is 28.0 Å². The van der Waals surface area contributed by atoms with Gasteiger partial charge in [0.05, 0.1) is 13.7 Å². The SMILES string of the molecule is COC(=O)C(NCc1nnc(C)n1C)c1ccc(Cl)cc1Cl. The van der Waals surface area contributed by atoms with E-state index in [4.69, 9.17) is 27.9 Å². The quantitative estimate of drug-likeness (QED) is 0.845. The van der Waals surface area contributed by atoms with E-state index in [1.54, 1.807) is 18.2 Å². The minimum atomic E-state index is -0.716. The zero-order valence-corrected chi connectivity index (χ0v) is 13.9. The average molecular weight is 343 g/mol. The molecule has 1 aromatic heterocycles. The van der Waals surface area contributed by atoms with Crippen LogP contribution in [0.25, 0.3) is 0 Å². The van der Waals surface area contributed by atoms with Gasteiger partial charge in [0.2, 0.25) is 0 Å². The molecule has 0 aliphatic carbocycles. The fourth-order valence-electron chi connectivity index (χ4n) is 1.97. The summed E-state index contributed by atoms with van der Waals surface area (Å²) in [5.74, 6) is 1.05. The third kappa shape index (κ3) is 3.58. The van der Waals surface area contributed by atoms with Gasteiger partial charge in [0.1, 0.15) is 17.7 Å². The van der Waals surface area contributed by atoms with Crippen LogP contribution in [-0.2, 0) is 23.1 Å². The van der Waals surface area contributed by atoms with Crippen molar-refractivity contribution in [2.45, 2.75) is 19.5 Å². The molecule has 0 bridgehead atoms. The third-order valence-corrected chi connectivity index (χ3v) is 3.92. The lowest BCUT2D eigenvalue weighted by Crippen LogP contribution is -2.30. The second kappa shape index (κ2) is 7.09. The van der Waals surface area contributed by atoms with Crippen LogP contribution in [0, 0.1) is 6.92 Å². The molecule has 118 valence electrons. The second-order valence-electron chi connectivity index (χ2n) is 4.73. The third-order valence-electron chi connectivity index (χ3n) is 3.36. The van der Waals surface area contributed by atoms with Gasteiger partial charge in [-0.05, 0) is 24.6 Å². The smallest absolute Gasteiger partial charge is 0.327 e. The number of halogens is 2. The largest absolute Gasteiger partial charge is 0.468 e. The van der Waals surface area contributed by atoms with Crippen molar-refractivity contribution >= 4 is 29.2 Å². The van der Waals surface area contributed by atoms with Crippen LogP contribution in [-0.4, -0.2) is 27.8 Å². The molecule has 2 rings (SSSR count). The highest BCUT2D eigenvalue weighted by molar-refractivity contribution is 6.35. The van der Waals surface area contributed by atoms with E-state index in [9.17, 15) is 4.79 Å². The lowest BCUT2D eigenvalue weighted by atomic mass is 10.1. The summed E-state index contributed by atoms with van der Waals surface area (Å²) in [7, 11) is 3.18. The summed E-state index contributed by atoms with van der Waals surface area (Å²) in [6.07, 6.45) is 0. The van der Waals surface area contributed by atoms with E-state index in [1.165, 1.54) is 7.11 Å². The summed E-state index contributed by atoms with van der Waals surface area (Å²) < 4.78 is 6.68. The minimum Gasteiger partial charge on any atom is -0.468 e. The number of nitrogens with zero attached hydrogens (tertiary/aromatic N) is 3. The number of rotatable bonds is 5. The first-order chi connectivity index (χ1) is 10.4. The molecule has 22 heavy (non-hydrogen) atoms. The van der Waals surface area contributed by atoms with Crippen molar-refractivity contribution in [2.75, 3.05) is 7.11 Å². The Balaban J connectivity index is 2.23. The van der Waals surface area contributed by atoms with Crippen LogP contribution in [0.1, 0.15) is 23.3 Å². The maximum absolute atomic E-state index is 12.0. The Morgan fingerprint density at radius 1 is 1.41 bits per heavy atom. The van der Waals surface area contributed by atoms with E-state index in [0.717, 1.165) is 5.82 Å². The van der Waals surface area contributed by atoms with Crippen LogP contribution >= 0.6 is 23.2 Å². The number of hydrogen-bond donors (Lipinski definition) is 1. The van der Waals surface area contributed by atoms with Crippen LogP contribution < -0.4 is 5.32 Å².